The lowest BCUT2D eigenvalue weighted by molar-refractivity contribution is -0.385. The lowest BCUT2D eigenvalue weighted by Crippen LogP contribution is -2.38. The Kier molecular flexibility index (Phi) is 3.70. The highest BCUT2D eigenvalue weighted by molar-refractivity contribution is 6.23. The molecule has 1 unspecified atom stereocenters. The summed E-state index contributed by atoms with van der Waals surface area (Å²) in [7, 11) is 0. The van der Waals surface area contributed by atoms with Crippen LogP contribution >= 0.6 is 0 Å². The van der Waals surface area contributed by atoms with Gasteiger partial charge in [-0.2, -0.15) is 0 Å². The molecule has 0 spiro atoms. The van der Waals surface area contributed by atoms with Crippen molar-refractivity contribution in [2.75, 3.05) is 0 Å². The molecule has 0 fully saturated rings. The number of imide groups is 1. The lowest BCUT2D eigenvalue weighted by Gasteiger charge is -2.21. The number of carbonyl (C=O) groups is 3. The lowest BCUT2D eigenvalue weighted by atomic mass is 10.1. The monoisotopic (exact) mass is 291 g/mol. The summed E-state index contributed by atoms with van der Waals surface area (Å²) in [6.07, 6.45) is 0.241. The normalized spacial score (nSPS) is 15.0. The standard InChI is InChI=1S/C13H13N3O5/c1-7(5-6-10(14)17)15-12(18)8-3-2-4-9(16(20)21)11(8)13(15)19/h2-4,7H,5-6H2,1H3,(H2,14,17). The molecule has 0 bridgehead atoms. The number of amides is 3. The molecule has 0 radical (unpaired) electrons. The van der Waals surface area contributed by atoms with Crippen LogP contribution in [0.5, 0.6) is 0 Å². The van der Waals surface area contributed by atoms with Crippen LogP contribution in [0.15, 0.2) is 18.2 Å². The maximum atomic E-state index is 12.3. The summed E-state index contributed by atoms with van der Waals surface area (Å²) in [6, 6.07) is 3.36. The van der Waals surface area contributed by atoms with E-state index in [1.165, 1.54) is 18.2 Å². The van der Waals surface area contributed by atoms with Crippen molar-refractivity contribution in [1.82, 2.24) is 4.90 Å². The first-order valence-electron chi connectivity index (χ1n) is 6.28. The number of nitro benzene ring substituents is 1. The highest BCUT2D eigenvalue weighted by atomic mass is 16.6. The second kappa shape index (κ2) is 5.31. The van der Waals surface area contributed by atoms with E-state index in [0.717, 1.165) is 4.90 Å². The molecule has 0 aromatic heterocycles. The number of benzene rings is 1. The maximum Gasteiger partial charge on any atom is 0.282 e. The fourth-order valence-corrected chi connectivity index (χ4v) is 2.32. The average Bonchev–Trinajstić information content (AvgIpc) is 2.68. The van der Waals surface area contributed by atoms with Gasteiger partial charge in [0.15, 0.2) is 0 Å². The third-order valence-electron chi connectivity index (χ3n) is 3.37. The minimum absolute atomic E-state index is 0.0140. The number of primary amides is 1. The molecular formula is C13H13N3O5. The molecule has 1 aromatic carbocycles. The molecule has 110 valence electrons. The molecule has 0 saturated heterocycles. The van der Waals surface area contributed by atoms with Crippen LogP contribution in [0.1, 0.15) is 40.5 Å². The number of hydrogen-bond donors (Lipinski definition) is 1. The SMILES string of the molecule is CC(CCC(N)=O)N1C(=O)c2cccc([N+](=O)[O-])c2C1=O. The Balaban J connectivity index is 2.36. The first-order valence-corrected chi connectivity index (χ1v) is 6.28. The molecule has 1 heterocycles. The number of fused-ring (bicyclic) bond motifs is 1. The van der Waals surface area contributed by atoms with Gasteiger partial charge in [0, 0.05) is 18.5 Å². The van der Waals surface area contributed by atoms with Crippen molar-refractivity contribution in [2.24, 2.45) is 5.73 Å². The first-order chi connectivity index (χ1) is 9.84. The molecule has 1 atom stereocenters. The van der Waals surface area contributed by atoms with E-state index in [0.29, 0.717) is 0 Å². The Morgan fingerprint density at radius 1 is 1.38 bits per heavy atom. The van der Waals surface area contributed by atoms with Gasteiger partial charge >= 0.3 is 0 Å². The van der Waals surface area contributed by atoms with Crippen LogP contribution in [0.4, 0.5) is 5.69 Å². The topological polar surface area (TPSA) is 124 Å². The van der Waals surface area contributed by atoms with E-state index in [1.807, 2.05) is 0 Å². The van der Waals surface area contributed by atoms with E-state index in [-0.39, 0.29) is 24.0 Å². The van der Waals surface area contributed by atoms with E-state index < -0.39 is 34.4 Å². The van der Waals surface area contributed by atoms with Gasteiger partial charge in [-0.3, -0.25) is 29.4 Å². The Hall–Kier alpha value is -2.77. The predicted molar refractivity (Wildman–Crippen MR) is 71.5 cm³/mol. The Morgan fingerprint density at radius 3 is 2.62 bits per heavy atom. The van der Waals surface area contributed by atoms with Crippen molar-refractivity contribution in [1.29, 1.82) is 0 Å². The van der Waals surface area contributed by atoms with E-state index in [9.17, 15) is 24.5 Å². The summed E-state index contributed by atoms with van der Waals surface area (Å²) >= 11 is 0. The van der Waals surface area contributed by atoms with Gasteiger partial charge < -0.3 is 5.73 Å². The van der Waals surface area contributed by atoms with Crippen molar-refractivity contribution in [3.63, 3.8) is 0 Å². The van der Waals surface area contributed by atoms with Crippen LogP contribution in [0.25, 0.3) is 0 Å². The molecule has 2 rings (SSSR count). The molecule has 2 N–H and O–H groups in total. The summed E-state index contributed by atoms with van der Waals surface area (Å²) in [5.74, 6) is -1.83. The highest BCUT2D eigenvalue weighted by Crippen LogP contribution is 2.32. The summed E-state index contributed by atoms with van der Waals surface area (Å²) in [6.45, 7) is 1.59. The predicted octanol–water partition coefficient (Wildman–Crippen LogP) is 0.845. The average molecular weight is 291 g/mol. The number of carbonyl (C=O) groups excluding carboxylic acids is 3. The van der Waals surface area contributed by atoms with Crippen molar-refractivity contribution < 1.29 is 19.3 Å². The molecule has 1 aliphatic heterocycles. The van der Waals surface area contributed by atoms with Gasteiger partial charge in [-0.15, -0.1) is 0 Å². The second-order valence-electron chi connectivity index (χ2n) is 4.79. The van der Waals surface area contributed by atoms with E-state index in [1.54, 1.807) is 6.92 Å². The number of nitrogens with two attached hydrogens (primary N) is 1. The summed E-state index contributed by atoms with van der Waals surface area (Å²) in [4.78, 5) is 46.5. The molecule has 3 amide bonds. The van der Waals surface area contributed by atoms with Gasteiger partial charge in [-0.25, -0.2) is 0 Å². The first kappa shape index (κ1) is 14.6. The van der Waals surface area contributed by atoms with Crippen LogP contribution < -0.4 is 5.73 Å². The van der Waals surface area contributed by atoms with Crippen LogP contribution in [-0.2, 0) is 4.79 Å². The van der Waals surface area contributed by atoms with Gasteiger partial charge in [0.1, 0.15) is 5.56 Å². The van der Waals surface area contributed by atoms with Crippen molar-refractivity contribution in [3.05, 3.63) is 39.4 Å². The Labute approximate surface area is 119 Å². The molecule has 1 aromatic rings. The van der Waals surface area contributed by atoms with Crippen molar-refractivity contribution in [2.45, 2.75) is 25.8 Å². The zero-order valence-corrected chi connectivity index (χ0v) is 11.2. The van der Waals surface area contributed by atoms with E-state index in [4.69, 9.17) is 5.73 Å². The summed E-state index contributed by atoms with van der Waals surface area (Å²) < 4.78 is 0. The largest absolute Gasteiger partial charge is 0.370 e. The quantitative estimate of drug-likeness (QED) is 0.489. The number of rotatable bonds is 5. The fourth-order valence-electron chi connectivity index (χ4n) is 2.32. The van der Waals surface area contributed by atoms with Gasteiger partial charge in [-0.05, 0) is 19.4 Å². The summed E-state index contributed by atoms with van der Waals surface area (Å²) in [5, 5.41) is 11.0. The molecule has 8 heteroatoms. The molecule has 0 aliphatic carbocycles. The second-order valence-corrected chi connectivity index (χ2v) is 4.79. The van der Waals surface area contributed by atoms with E-state index >= 15 is 0 Å². The Morgan fingerprint density at radius 2 is 2.05 bits per heavy atom. The van der Waals surface area contributed by atoms with Crippen molar-refractivity contribution in [3.8, 4) is 0 Å². The Bertz CT molecular complexity index is 655. The van der Waals surface area contributed by atoms with Crippen molar-refractivity contribution >= 4 is 23.4 Å². The smallest absolute Gasteiger partial charge is 0.282 e. The molecule has 1 aliphatic rings. The van der Waals surface area contributed by atoms with Crippen LogP contribution in [-0.4, -0.2) is 33.6 Å². The fraction of sp³-hybridized carbons (Fsp3) is 0.308. The van der Waals surface area contributed by atoms with E-state index in [2.05, 4.69) is 0 Å². The van der Waals surface area contributed by atoms with Gasteiger partial charge in [0.05, 0.1) is 10.5 Å². The third kappa shape index (κ3) is 2.47. The molecule has 0 saturated carbocycles. The van der Waals surface area contributed by atoms with Crippen LogP contribution in [0.3, 0.4) is 0 Å². The third-order valence-corrected chi connectivity index (χ3v) is 3.37. The van der Waals surface area contributed by atoms with Crippen LogP contribution in [0.2, 0.25) is 0 Å². The van der Waals surface area contributed by atoms with Gasteiger partial charge in [0.25, 0.3) is 17.5 Å². The minimum atomic E-state index is -0.709. The zero-order chi connectivity index (χ0) is 15.7. The minimum Gasteiger partial charge on any atom is -0.370 e. The highest BCUT2D eigenvalue weighted by Gasteiger charge is 2.42. The van der Waals surface area contributed by atoms with Gasteiger partial charge in [-0.1, -0.05) is 6.07 Å². The van der Waals surface area contributed by atoms with Gasteiger partial charge in [0.2, 0.25) is 5.91 Å². The summed E-state index contributed by atoms with van der Waals surface area (Å²) in [5.41, 5.74) is 4.47. The molecule has 8 nitrogen and oxygen atoms in total. The van der Waals surface area contributed by atoms with Crippen LogP contribution in [0, 0.1) is 10.1 Å². The number of hydrogen-bond acceptors (Lipinski definition) is 5. The molecule has 21 heavy (non-hydrogen) atoms. The number of nitrogens with zero attached hydrogens (tertiary/aromatic N) is 2. The number of nitro groups is 1. The molecular weight excluding hydrogens is 278 g/mol. The zero-order valence-electron chi connectivity index (χ0n) is 11.2. The maximum absolute atomic E-state index is 12.3.